The number of aryl methyl sites for hydroxylation is 2. The number of fused-ring (bicyclic) bond motifs is 1. The van der Waals surface area contributed by atoms with Gasteiger partial charge in [-0.2, -0.15) is 10.2 Å². The van der Waals surface area contributed by atoms with Crippen molar-refractivity contribution in [3.8, 4) is 11.3 Å². The number of hydrogen-bond acceptors (Lipinski definition) is 6. The van der Waals surface area contributed by atoms with Gasteiger partial charge < -0.3 is 9.84 Å². The van der Waals surface area contributed by atoms with Gasteiger partial charge in [-0.05, 0) is 32.8 Å². The fourth-order valence-corrected chi connectivity index (χ4v) is 3.86. The fraction of sp³-hybridized carbons (Fsp3) is 0.350. The predicted molar refractivity (Wildman–Crippen MR) is 112 cm³/mol. The minimum atomic E-state index is -0.338. The molecule has 10 heteroatoms. The van der Waals surface area contributed by atoms with Crippen molar-refractivity contribution >= 4 is 34.4 Å². The van der Waals surface area contributed by atoms with Crippen LogP contribution in [0.2, 0.25) is 5.02 Å². The van der Waals surface area contributed by atoms with Crippen molar-refractivity contribution in [1.29, 1.82) is 0 Å². The van der Waals surface area contributed by atoms with Crippen LogP contribution in [0.4, 0.5) is 5.82 Å². The number of nitrogens with one attached hydrogen (secondary N) is 1. The summed E-state index contributed by atoms with van der Waals surface area (Å²) in [6, 6.07) is 1.83. The molecule has 4 aromatic rings. The lowest BCUT2D eigenvalue weighted by Crippen LogP contribution is -2.14. The van der Waals surface area contributed by atoms with Crippen LogP contribution in [0, 0.1) is 6.92 Å². The number of anilines is 1. The van der Waals surface area contributed by atoms with Crippen molar-refractivity contribution < 1.29 is 9.32 Å². The van der Waals surface area contributed by atoms with Crippen LogP contribution in [0.15, 0.2) is 23.0 Å². The molecule has 1 N–H and O–H groups in total. The van der Waals surface area contributed by atoms with Crippen molar-refractivity contribution in [2.75, 3.05) is 5.32 Å². The zero-order valence-corrected chi connectivity index (χ0v) is 17.6. The van der Waals surface area contributed by atoms with Gasteiger partial charge in [0.15, 0.2) is 5.82 Å². The molecule has 0 unspecified atom stereocenters. The van der Waals surface area contributed by atoms with E-state index in [1.54, 1.807) is 24.1 Å². The lowest BCUT2D eigenvalue weighted by atomic mass is 10.0. The first kappa shape index (κ1) is 18.8. The third-order valence-electron chi connectivity index (χ3n) is 5.38. The molecule has 0 aliphatic heterocycles. The Bertz CT molecular complexity index is 1280. The molecule has 1 aliphatic rings. The highest BCUT2D eigenvalue weighted by atomic mass is 35.5. The Morgan fingerprint density at radius 1 is 1.40 bits per heavy atom. The molecule has 0 aromatic carbocycles. The molecule has 30 heavy (non-hydrogen) atoms. The van der Waals surface area contributed by atoms with Crippen LogP contribution in [-0.4, -0.2) is 35.6 Å². The van der Waals surface area contributed by atoms with Gasteiger partial charge in [0.2, 0.25) is 0 Å². The lowest BCUT2D eigenvalue weighted by molar-refractivity contribution is 0.102. The highest BCUT2D eigenvalue weighted by Gasteiger charge is 2.30. The molecule has 0 radical (unpaired) electrons. The number of hydrogen-bond donors (Lipinski definition) is 1. The van der Waals surface area contributed by atoms with E-state index in [0.717, 1.165) is 36.3 Å². The van der Waals surface area contributed by atoms with E-state index in [9.17, 15) is 4.79 Å². The van der Waals surface area contributed by atoms with Crippen molar-refractivity contribution in [3.63, 3.8) is 0 Å². The second kappa shape index (κ2) is 6.94. The third-order valence-corrected chi connectivity index (χ3v) is 5.66. The topological polar surface area (TPSA) is 104 Å². The largest absolute Gasteiger partial charge is 0.335 e. The van der Waals surface area contributed by atoms with E-state index >= 15 is 0 Å². The van der Waals surface area contributed by atoms with Gasteiger partial charge in [-0.25, -0.2) is 4.98 Å². The first-order chi connectivity index (χ1) is 14.5. The molecule has 1 aliphatic carbocycles. The van der Waals surface area contributed by atoms with Crippen LogP contribution < -0.4 is 5.32 Å². The number of carbonyl (C=O) groups is 1. The van der Waals surface area contributed by atoms with Crippen LogP contribution in [0.5, 0.6) is 0 Å². The van der Waals surface area contributed by atoms with Gasteiger partial charge in [0.25, 0.3) is 11.6 Å². The number of pyridine rings is 1. The van der Waals surface area contributed by atoms with Gasteiger partial charge in [-0.15, -0.1) is 0 Å². The molecule has 9 nitrogen and oxygen atoms in total. The highest BCUT2D eigenvalue weighted by Crippen LogP contribution is 2.41. The molecule has 4 aromatic heterocycles. The second-order valence-electron chi connectivity index (χ2n) is 7.49. The first-order valence-corrected chi connectivity index (χ1v) is 10.2. The molecule has 154 valence electrons. The average Bonchev–Trinajstić information content (AvgIpc) is 3.28. The average molecular weight is 426 g/mol. The summed E-state index contributed by atoms with van der Waals surface area (Å²) < 4.78 is 8.98. The quantitative estimate of drug-likeness (QED) is 0.519. The van der Waals surface area contributed by atoms with Crippen LogP contribution in [-0.2, 0) is 13.6 Å². The second-order valence-corrected chi connectivity index (χ2v) is 7.90. The van der Waals surface area contributed by atoms with Crippen LogP contribution in [0.25, 0.3) is 22.4 Å². The minimum Gasteiger partial charge on any atom is -0.335 e. The maximum atomic E-state index is 13.3. The van der Waals surface area contributed by atoms with E-state index in [4.69, 9.17) is 16.1 Å². The van der Waals surface area contributed by atoms with Gasteiger partial charge >= 0.3 is 0 Å². The van der Waals surface area contributed by atoms with E-state index < -0.39 is 0 Å². The maximum Gasteiger partial charge on any atom is 0.259 e. The van der Waals surface area contributed by atoms with E-state index in [1.807, 2.05) is 24.6 Å². The van der Waals surface area contributed by atoms with Crippen LogP contribution in [0.3, 0.4) is 0 Å². The number of carbonyl (C=O) groups excluding carboxylic acids is 1. The molecule has 1 amide bonds. The number of rotatable bonds is 5. The van der Waals surface area contributed by atoms with Crippen molar-refractivity contribution in [1.82, 2.24) is 29.7 Å². The Labute approximate surface area is 177 Å². The number of nitrogens with zero attached hydrogens (tertiary/aromatic N) is 6. The Morgan fingerprint density at radius 3 is 2.83 bits per heavy atom. The van der Waals surface area contributed by atoms with E-state index in [-0.39, 0.29) is 5.91 Å². The molecule has 0 spiro atoms. The molecule has 0 atom stereocenters. The summed E-state index contributed by atoms with van der Waals surface area (Å²) in [5.41, 5.74) is 3.91. The Morgan fingerprint density at radius 2 is 2.20 bits per heavy atom. The van der Waals surface area contributed by atoms with Gasteiger partial charge in [0.1, 0.15) is 10.7 Å². The standard InChI is InChI=1S/C20H20ClN7O2/c1-4-28-10(2)13(8-22-28)17-16-12(19(29)24-18-14(21)9-27(3)25-18)7-15(11-5-6-11)23-20(16)30-26-17/h7-9,11H,4-6H2,1-3H3,(H,24,25,29). The van der Waals surface area contributed by atoms with Crippen LogP contribution in [0.1, 0.15) is 47.4 Å². The summed E-state index contributed by atoms with van der Waals surface area (Å²) in [7, 11) is 1.74. The SMILES string of the molecule is CCn1ncc(-c2noc3nc(C4CC4)cc(C(=O)Nc4nn(C)cc4Cl)c23)c1C. The predicted octanol–water partition coefficient (Wildman–Crippen LogP) is 3.93. The minimum absolute atomic E-state index is 0.301. The van der Waals surface area contributed by atoms with Gasteiger partial charge in [0, 0.05) is 42.7 Å². The van der Waals surface area contributed by atoms with E-state index in [0.29, 0.717) is 39.1 Å². The third kappa shape index (κ3) is 3.06. The molecule has 0 saturated heterocycles. The molecule has 4 heterocycles. The Balaban J connectivity index is 1.66. The molecule has 0 bridgehead atoms. The zero-order valence-electron chi connectivity index (χ0n) is 16.8. The number of halogens is 1. The summed E-state index contributed by atoms with van der Waals surface area (Å²) in [5.74, 6) is 0.308. The maximum absolute atomic E-state index is 13.3. The first-order valence-electron chi connectivity index (χ1n) is 9.79. The normalized spacial score (nSPS) is 13.9. The Kier molecular flexibility index (Phi) is 4.35. The summed E-state index contributed by atoms with van der Waals surface area (Å²) in [6.07, 6.45) is 5.47. The monoisotopic (exact) mass is 425 g/mol. The number of amides is 1. The van der Waals surface area contributed by atoms with Gasteiger partial charge in [-0.3, -0.25) is 14.2 Å². The summed E-state index contributed by atoms with van der Waals surface area (Å²) >= 11 is 6.18. The van der Waals surface area contributed by atoms with Crippen molar-refractivity contribution in [3.05, 3.63) is 40.4 Å². The van der Waals surface area contributed by atoms with Crippen LogP contribution >= 0.6 is 11.6 Å². The molecule has 5 rings (SSSR count). The smallest absolute Gasteiger partial charge is 0.259 e. The summed E-state index contributed by atoms with van der Waals surface area (Å²) in [4.78, 5) is 17.9. The summed E-state index contributed by atoms with van der Waals surface area (Å²) in [5, 5.41) is 16.6. The van der Waals surface area contributed by atoms with Gasteiger partial charge in [0.05, 0.1) is 17.1 Å². The molecule has 1 fully saturated rings. The van der Waals surface area contributed by atoms with E-state index in [2.05, 4.69) is 25.7 Å². The Hall–Kier alpha value is -3.20. The fourth-order valence-electron chi connectivity index (χ4n) is 3.64. The molecule has 1 saturated carbocycles. The zero-order chi connectivity index (χ0) is 21.0. The highest BCUT2D eigenvalue weighted by molar-refractivity contribution is 6.33. The molecular formula is C20H20ClN7O2. The number of aromatic nitrogens is 6. The van der Waals surface area contributed by atoms with E-state index in [1.165, 1.54) is 0 Å². The molecular weight excluding hydrogens is 406 g/mol. The van der Waals surface area contributed by atoms with Crippen molar-refractivity contribution in [2.45, 2.75) is 39.2 Å². The van der Waals surface area contributed by atoms with Crippen molar-refractivity contribution in [2.24, 2.45) is 7.05 Å². The van der Waals surface area contributed by atoms with Gasteiger partial charge in [-0.1, -0.05) is 16.8 Å². The summed E-state index contributed by atoms with van der Waals surface area (Å²) in [6.45, 7) is 4.71. The lowest BCUT2D eigenvalue weighted by Gasteiger charge is -2.07.